The van der Waals surface area contributed by atoms with Crippen LogP contribution in [0.5, 0.6) is 11.5 Å². The molecule has 0 unspecified atom stereocenters. The van der Waals surface area contributed by atoms with E-state index in [2.05, 4.69) is 19.9 Å². The van der Waals surface area contributed by atoms with E-state index in [9.17, 15) is 18.6 Å². The zero-order valence-corrected chi connectivity index (χ0v) is 23.4. The fourth-order valence-corrected chi connectivity index (χ4v) is 6.84. The first kappa shape index (κ1) is 27.9. The smallest absolute Gasteiger partial charge is 0.271 e. The molecule has 0 radical (unpaired) electrons. The largest absolute Gasteiger partial charge is 0.508 e. The van der Waals surface area contributed by atoms with Crippen LogP contribution in [0.3, 0.4) is 0 Å². The normalized spacial score (nSPS) is 15.1. The molecule has 0 spiro atoms. The van der Waals surface area contributed by atoms with E-state index in [4.69, 9.17) is 4.74 Å². The van der Waals surface area contributed by atoms with Crippen LogP contribution in [-0.2, 0) is 10.0 Å². The zero-order chi connectivity index (χ0) is 28.0. The molecule has 0 bridgehead atoms. The summed E-state index contributed by atoms with van der Waals surface area (Å²) in [6.07, 6.45) is 2.90. The third-order valence-corrected chi connectivity index (χ3v) is 9.65. The number of nitrogens with zero attached hydrogens (tertiary/aromatic N) is 2. The first-order chi connectivity index (χ1) is 19.4. The van der Waals surface area contributed by atoms with Crippen molar-refractivity contribution < 1.29 is 23.4 Å². The average molecular weight is 581 g/mol. The predicted molar refractivity (Wildman–Crippen MR) is 158 cm³/mol. The number of nitrogens with one attached hydrogen (secondary N) is 2. The molecule has 4 aromatic rings. The molecule has 1 atom stereocenters. The molecule has 2 aromatic heterocycles. The highest BCUT2D eigenvalue weighted by molar-refractivity contribution is 7.94. The van der Waals surface area contributed by atoms with Crippen LogP contribution in [0.4, 0.5) is 11.4 Å². The van der Waals surface area contributed by atoms with Crippen LogP contribution in [0.25, 0.3) is 10.6 Å². The van der Waals surface area contributed by atoms with Crippen LogP contribution >= 0.6 is 11.3 Å². The topological polar surface area (TPSA) is 124 Å². The van der Waals surface area contributed by atoms with Crippen LogP contribution in [-0.4, -0.2) is 62.0 Å². The van der Waals surface area contributed by atoms with E-state index >= 15 is 0 Å². The number of aromatic hydroxyl groups is 1. The lowest BCUT2D eigenvalue weighted by molar-refractivity contribution is 0.102. The number of ether oxygens (including phenoxy) is 1. The van der Waals surface area contributed by atoms with Gasteiger partial charge < -0.3 is 25.2 Å². The highest BCUT2D eigenvalue weighted by Crippen LogP contribution is 2.31. The molecular formula is C29H32N4O5S2. The molecule has 9 nitrogen and oxygen atoms in total. The molecule has 0 saturated carbocycles. The molecular weight excluding hydrogens is 548 g/mol. The third kappa shape index (κ3) is 7.30. The van der Waals surface area contributed by atoms with E-state index < -0.39 is 16.1 Å². The first-order valence-electron chi connectivity index (χ1n) is 13.1. The molecule has 1 aliphatic heterocycles. The average Bonchev–Trinajstić information content (AvgIpc) is 3.49. The second-order valence-corrected chi connectivity index (χ2v) is 12.6. The minimum atomic E-state index is -3.70. The predicted octanol–water partition coefficient (Wildman–Crippen LogP) is 4.31. The highest BCUT2D eigenvalue weighted by atomic mass is 32.2. The van der Waals surface area contributed by atoms with E-state index in [1.807, 2.05) is 30.3 Å². The van der Waals surface area contributed by atoms with Crippen molar-refractivity contribution in [2.75, 3.05) is 35.9 Å². The Labute approximate surface area is 238 Å². The molecule has 1 aliphatic rings. The quantitative estimate of drug-likeness (QED) is 0.207. The van der Waals surface area contributed by atoms with Crippen molar-refractivity contribution >= 4 is 32.7 Å². The van der Waals surface area contributed by atoms with Crippen molar-refractivity contribution in [1.29, 1.82) is 0 Å². The number of phenols is 1. The summed E-state index contributed by atoms with van der Waals surface area (Å²) in [4.78, 5) is 7.36. The second-order valence-electron chi connectivity index (χ2n) is 9.61. The lowest BCUT2D eigenvalue weighted by Gasteiger charge is -2.34. The number of phenolic OH excluding ortho intramolecular Hbond substituents is 1. The lowest BCUT2D eigenvalue weighted by Crippen LogP contribution is -2.45. The van der Waals surface area contributed by atoms with Crippen LogP contribution < -0.4 is 19.7 Å². The van der Waals surface area contributed by atoms with E-state index in [1.54, 1.807) is 54.7 Å². The van der Waals surface area contributed by atoms with E-state index in [0.717, 1.165) is 42.2 Å². The Morgan fingerprint density at radius 3 is 2.45 bits per heavy atom. The van der Waals surface area contributed by atoms with E-state index in [-0.39, 0.29) is 16.6 Å². The number of aromatic nitrogens is 1. The summed E-state index contributed by atoms with van der Waals surface area (Å²) in [5.74, 6) is 0.775. The maximum Gasteiger partial charge on any atom is 0.271 e. The van der Waals surface area contributed by atoms with Gasteiger partial charge in [-0.1, -0.05) is 6.07 Å². The highest BCUT2D eigenvalue weighted by Gasteiger charge is 2.21. The number of benzene rings is 2. The number of hydrogen-bond acceptors (Lipinski definition) is 9. The van der Waals surface area contributed by atoms with Gasteiger partial charge in [0, 0.05) is 43.2 Å². The summed E-state index contributed by atoms with van der Waals surface area (Å²) < 4.78 is 34.3. The maximum atomic E-state index is 12.9. The first-order valence-corrected chi connectivity index (χ1v) is 15.4. The zero-order valence-electron chi connectivity index (χ0n) is 21.8. The molecule has 2 aromatic carbocycles. The molecule has 5 rings (SSSR count). The summed E-state index contributed by atoms with van der Waals surface area (Å²) in [6, 6.07) is 23.1. The van der Waals surface area contributed by atoms with Crippen LogP contribution in [0, 0.1) is 0 Å². The number of anilines is 2. The minimum absolute atomic E-state index is 0.171. The number of sulfonamides is 1. The molecule has 0 aliphatic carbocycles. The minimum Gasteiger partial charge on any atom is -0.508 e. The van der Waals surface area contributed by atoms with Gasteiger partial charge >= 0.3 is 0 Å². The maximum absolute atomic E-state index is 12.9. The van der Waals surface area contributed by atoms with Crippen molar-refractivity contribution in [2.24, 2.45) is 0 Å². The molecule has 1 fully saturated rings. The van der Waals surface area contributed by atoms with E-state index in [1.165, 1.54) is 11.3 Å². The molecule has 3 heterocycles. The standard InChI is InChI=1S/C29H32N4O5S2/c34-24-8-10-26(11-9-24)38-20-25(35)19-31-21-14-17-33(18-15-21)23-6-4-22(5-7-23)32-40(36,37)29-13-12-28(39-29)27-3-1-2-16-30-27/h1-13,16,21,25,31-32,34-35H,14-15,17-20H2/t25-/m0/s1. The van der Waals surface area contributed by atoms with Crippen molar-refractivity contribution in [3.05, 3.63) is 85.1 Å². The summed E-state index contributed by atoms with van der Waals surface area (Å²) >= 11 is 1.19. The Morgan fingerprint density at radius 1 is 1.00 bits per heavy atom. The van der Waals surface area contributed by atoms with Crippen molar-refractivity contribution in [2.45, 2.75) is 29.2 Å². The Morgan fingerprint density at radius 2 is 1.75 bits per heavy atom. The number of pyridine rings is 1. The van der Waals surface area contributed by atoms with Crippen molar-refractivity contribution in [3.63, 3.8) is 0 Å². The number of rotatable bonds is 11. The molecule has 0 amide bonds. The van der Waals surface area contributed by atoms with Gasteiger partial charge in [-0.2, -0.15) is 0 Å². The number of thiophene rings is 1. The summed E-state index contributed by atoms with van der Waals surface area (Å²) in [5, 5.41) is 23.0. The Kier molecular flexibility index (Phi) is 8.85. The fourth-order valence-electron chi connectivity index (χ4n) is 4.49. The Hall–Kier alpha value is -3.64. The van der Waals surface area contributed by atoms with Gasteiger partial charge in [0.25, 0.3) is 10.0 Å². The van der Waals surface area contributed by atoms with Crippen LogP contribution in [0.2, 0.25) is 0 Å². The molecule has 1 saturated heterocycles. The number of aliphatic hydroxyl groups excluding tert-OH is 1. The lowest BCUT2D eigenvalue weighted by atomic mass is 10.0. The number of piperidine rings is 1. The van der Waals surface area contributed by atoms with Gasteiger partial charge in [-0.25, -0.2) is 8.42 Å². The SMILES string of the molecule is O=S(=O)(Nc1ccc(N2CCC(NC[C@H](O)COc3ccc(O)cc3)CC2)cc1)c1ccc(-c2ccccn2)s1. The van der Waals surface area contributed by atoms with Gasteiger partial charge in [0.2, 0.25) is 0 Å². The Balaban J connectivity index is 1.07. The summed E-state index contributed by atoms with van der Waals surface area (Å²) in [6.45, 7) is 2.32. The number of aliphatic hydroxyl groups is 1. The van der Waals surface area contributed by atoms with Gasteiger partial charge in [-0.3, -0.25) is 9.71 Å². The van der Waals surface area contributed by atoms with Gasteiger partial charge in [0.1, 0.15) is 28.4 Å². The fraction of sp³-hybridized carbons (Fsp3) is 0.276. The molecule has 4 N–H and O–H groups in total. The van der Waals surface area contributed by atoms with Gasteiger partial charge in [0.05, 0.1) is 10.6 Å². The summed E-state index contributed by atoms with van der Waals surface area (Å²) in [5.41, 5.74) is 2.29. The van der Waals surface area contributed by atoms with Gasteiger partial charge in [-0.05, 0) is 85.6 Å². The van der Waals surface area contributed by atoms with Crippen molar-refractivity contribution in [3.8, 4) is 22.1 Å². The molecule has 40 heavy (non-hydrogen) atoms. The van der Waals surface area contributed by atoms with Gasteiger partial charge in [0.15, 0.2) is 0 Å². The molecule has 11 heteroatoms. The third-order valence-electron chi connectivity index (χ3n) is 6.66. The molecule has 210 valence electrons. The number of hydrogen-bond donors (Lipinski definition) is 4. The van der Waals surface area contributed by atoms with Crippen LogP contribution in [0.15, 0.2) is 89.3 Å². The summed E-state index contributed by atoms with van der Waals surface area (Å²) in [7, 11) is -3.70. The Bertz CT molecular complexity index is 1470. The van der Waals surface area contributed by atoms with Crippen LogP contribution in [0.1, 0.15) is 12.8 Å². The monoisotopic (exact) mass is 580 g/mol. The second kappa shape index (κ2) is 12.7. The van der Waals surface area contributed by atoms with Crippen molar-refractivity contribution in [1.82, 2.24) is 10.3 Å². The van der Waals surface area contributed by atoms with Gasteiger partial charge in [-0.15, -0.1) is 11.3 Å². The van der Waals surface area contributed by atoms with E-state index in [0.29, 0.717) is 24.0 Å².